The Hall–Kier alpha value is -4.32. The molecule has 0 fully saturated rings. The predicted molar refractivity (Wildman–Crippen MR) is 131 cm³/mol. The van der Waals surface area contributed by atoms with Gasteiger partial charge in [-0.15, -0.1) is 10.2 Å². The molecule has 0 radical (unpaired) electrons. The highest BCUT2D eigenvalue weighted by atomic mass is 32.2. The van der Waals surface area contributed by atoms with Gasteiger partial charge in [0.05, 0.1) is 25.7 Å². The number of rotatable bonds is 9. The van der Waals surface area contributed by atoms with Crippen LogP contribution in [-0.4, -0.2) is 50.6 Å². The Labute approximate surface area is 203 Å². The van der Waals surface area contributed by atoms with Crippen LogP contribution in [0.2, 0.25) is 0 Å². The number of aromatic nitrogens is 5. The van der Waals surface area contributed by atoms with Gasteiger partial charge in [-0.1, -0.05) is 23.9 Å². The van der Waals surface area contributed by atoms with E-state index >= 15 is 0 Å². The summed E-state index contributed by atoms with van der Waals surface area (Å²) in [6.45, 7) is 0. The zero-order valence-electron chi connectivity index (χ0n) is 18.9. The lowest BCUT2D eigenvalue weighted by Crippen LogP contribution is -2.23. The first-order valence-corrected chi connectivity index (χ1v) is 11.4. The number of nitrogens with zero attached hydrogens (tertiary/aromatic N) is 3. The number of ether oxygens (including phenoxy) is 2. The highest BCUT2D eigenvalue weighted by molar-refractivity contribution is 7.99. The van der Waals surface area contributed by atoms with Gasteiger partial charge in [0.15, 0.2) is 5.16 Å². The van der Waals surface area contributed by atoms with Crippen LogP contribution in [0.5, 0.6) is 11.5 Å². The standard InChI is InChI=1S/C23H22N6O5S/c1-33-17-7-3-5-14(9-17)24-21(31)13-35-23-28-27-19(10-15-11-20(30)26-22(32)25-15)29(23)16-6-4-8-18(12-16)34-2/h3-9,11-12H,10,13H2,1-2H3,(H,24,31)(H2,25,26,30,32). The van der Waals surface area contributed by atoms with Crippen molar-refractivity contribution in [1.29, 1.82) is 0 Å². The van der Waals surface area contributed by atoms with E-state index in [1.54, 1.807) is 55.2 Å². The second-order valence-electron chi connectivity index (χ2n) is 7.29. The monoisotopic (exact) mass is 494 g/mol. The normalized spacial score (nSPS) is 10.7. The molecule has 11 nitrogen and oxygen atoms in total. The van der Waals surface area contributed by atoms with Crippen molar-refractivity contribution in [1.82, 2.24) is 24.7 Å². The number of carbonyl (C=O) groups is 1. The molecule has 1 amide bonds. The third kappa shape index (κ3) is 5.98. The Balaban J connectivity index is 1.60. The Kier molecular flexibility index (Phi) is 7.31. The molecule has 3 N–H and O–H groups in total. The van der Waals surface area contributed by atoms with Crippen LogP contribution in [0.1, 0.15) is 11.5 Å². The molecule has 0 atom stereocenters. The minimum absolute atomic E-state index is 0.0706. The average molecular weight is 495 g/mol. The minimum Gasteiger partial charge on any atom is -0.497 e. The molecule has 0 spiro atoms. The quantitative estimate of drug-likeness (QED) is 0.300. The summed E-state index contributed by atoms with van der Waals surface area (Å²) in [5, 5.41) is 11.8. The SMILES string of the molecule is COc1cccc(NC(=O)CSc2nnc(Cc3cc(=O)[nH]c(=O)[nH]3)n2-c2cccc(OC)c2)c1. The molecule has 35 heavy (non-hydrogen) atoms. The maximum Gasteiger partial charge on any atom is 0.325 e. The van der Waals surface area contributed by atoms with Crippen LogP contribution in [0.25, 0.3) is 5.69 Å². The highest BCUT2D eigenvalue weighted by Gasteiger charge is 2.18. The van der Waals surface area contributed by atoms with Gasteiger partial charge in [-0.25, -0.2) is 4.79 Å². The summed E-state index contributed by atoms with van der Waals surface area (Å²) >= 11 is 1.20. The largest absolute Gasteiger partial charge is 0.497 e. The van der Waals surface area contributed by atoms with Gasteiger partial charge in [-0.3, -0.25) is 19.1 Å². The Morgan fingerprint density at radius 2 is 1.74 bits per heavy atom. The van der Waals surface area contributed by atoms with Crippen LogP contribution >= 0.6 is 11.8 Å². The fourth-order valence-corrected chi connectivity index (χ4v) is 4.10. The topological polar surface area (TPSA) is 144 Å². The van der Waals surface area contributed by atoms with Gasteiger partial charge >= 0.3 is 5.69 Å². The summed E-state index contributed by atoms with van der Waals surface area (Å²) in [6, 6.07) is 15.6. The van der Waals surface area contributed by atoms with Crippen molar-refractivity contribution in [3.63, 3.8) is 0 Å². The number of methoxy groups -OCH3 is 2. The average Bonchev–Trinajstić information content (AvgIpc) is 3.24. The molecule has 0 aliphatic heterocycles. The van der Waals surface area contributed by atoms with Gasteiger partial charge in [-0.05, 0) is 24.3 Å². The zero-order chi connectivity index (χ0) is 24.8. The summed E-state index contributed by atoms with van der Waals surface area (Å²) < 4.78 is 12.3. The smallest absolute Gasteiger partial charge is 0.325 e. The molecule has 2 aromatic heterocycles. The highest BCUT2D eigenvalue weighted by Crippen LogP contribution is 2.26. The van der Waals surface area contributed by atoms with E-state index in [1.807, 2.05) is 12.1 Å². The summed E-state index contributed by atoms with van der Waals surface area (Å²) in [7, 11) is 3.12. The van der Waals surface area contributed by atoms with Gasteiger partial charge < -0.3 is 19.8 Å². The van der Waals surface area contributed by atoms with Crippen molar-refractivity contribution in [2.75, 3.05) is 25.3 Å². The van der Waals surface area contributed by atoms with E-state index < -0.39 is 11.2 Å². The van der Waals surface area contributed by atoms with Gasteiger partial charge in [-0.2, -0.15) is 0 Å². The molecular weight excluding hydrogens is 472 g/mol. The third-order valence-electron chi connectivity index (χ3n) is 4.86. The molecule has 0 unspecified atom stereocenters. The molecule has 0 bridgehead atoms. The molecule has 2 heterocycles. The van der Waals surface area contributed by atoms with Crippen LogP contribution in [0.4, 0.5) is 5.69 Å². The molecule has 0 aliphatic carbocycles. The maximum absolute atomic E-state index is 12.6. The number of nitrogens with one attached hydrogen (secondary N) is 3. The van der Waals surface area contributed by atoms with Crippen LogP contribution in [-0.2, 0) is 11.2 Å². The molecular formula is C23H22N6O5S. The number of hydrogen-bond acceptors (Lipinski definition) is 8. The van der Waals surface area contributed by atoms with Crippen molar-refractivity contribution in [2.24, 2.45) is 0 Å². The number of thioether (sulfide) groups is 1. The maximum atomic E-state index is 12.6. The van der Waals surface area contributed by atoms with E-state index in [-0.39, 0.29) is 18.1 Å². The van der Waals surface area contributed by atoms with Gasteiger partial charge in [0.1, 0.15) is 17.3 Å². The third-order valence-corrected chi connectivity index (χ3v) is 5.79. The molecule has 0 aliphatic rings. The van der Waals surface area contributed by atoms with E-state index in [4.69, 9.17) is 9.47 Å². The Morgan fingerprint density at radius 1 is 1.00 bits per heavy atom. The molecule has 0 saturated heterocycles. The number of anilines is 1. The summed E-state index contributed by atoms with van der Waals surface area (Å²) in [5.74, 6) is 1.56. The van der Waals surface area contributed by atoms with Crippen LogP contribution in [0.3, 0.4) is 0 Å². The first-order valence-electron chi connectivity index (χ1n) is 10.4. The zero-order valence-corrected chi connectivity index (χ0v) is 19.7. The van der Waals surface area contributed by atoms with Crippen molar-refractivity contribution in [3.8, 4) is 17.2 Å². The van der Waals surface area contributed by atoms with Gasteiger partial charge in [0, 0.05) is 36.0 Å². The van der Waals surface area contributed by atoms with Gasteiger partial charge in [0.2, 0.25) is 5.91 Å². The fourth-order valence-electron chi connectivity index (χ4n) is 3.33. The van der Waals surface area contributed by atoms with Crippen molar-refractivity contribution < 1.29 is 14.3 Å². The lowest BCUT2D eigenvalue weighted by atomic mass is 10.2. The van der Waals surface area contributed by atoms with Crippen molar-refractivity contribution in [2.45, 2.75) is 11.6 Å². The molecule has 4 aromatic rings. The number of aromatic amines is 2. The second kappa shape index (κ2) is 10.7. The molecule has 0 saturated carbocycles. The lowest BCUT2D eigenvalue weighted by molar-refractivity contribution is -0.113. The van der Waals surface area contributed by atoms with E-state index in [0.717, 1.165) is 0 Å². The molecule has 12 heteroatoms. The number of H-pyrrole nitrogens is 2. The summed E-state index contributed by atoms with van der Waals surface area (Å²) in [5.41, 5.74) is 0.571. The molecule has 4 rings (SSSR count). The van der Waals surface area contributed by atoms with Crippen molar-refractivity contribution in [3.05, 3.63) is 87.0 Å². The number of amides is 1. The van der Waals surface area contributed by atoms with Crippen LogP contribution in [0, 0.1) is 0 Å². The first-order chi connectivity index (χ1) is 16.9. The van der Waals surface area contributed by atoms with E-state index in [9.17, 15) is 14.4 Å². The second-order valence-corrected chi connectivity index (χ2v) is 8.24. The van der Waals surface area contributed by atoms with E-state index in [0.29, 0.717) is 39.5 Å². The number of benzene rings is 2. The predicted octanol–water partition coefficient (Wildman–Crippen LogP) is 1.98. The summed E-state index contributed by atoms with van der Waals surface area (Å²) in [4.78, 5) is 40.7. The first kappa shape index (κ1) is 23.8. The van der Waals surface area contributed by atoms with E-state index in [1.165, 1.54) is 17.8 Å². The van der Waals surface area contributed by atoms with E-state index in [2.05, 4.69) is 25.5 Å². The Bertz CT molecular complexity index is 1430. The molecule has 180 valence electrons. The Morgan fingerprint density at radius 3 is 2.49 bits per heavy atom. The minimum atomic E-state index is -0.608. The van der Waals surface area contributed by atoms with Crippen LogP contribution < -0.4 is 26.0 Å². The van der Waals surface area contributed by atoms with Crippen molar-refractivity contribution >= 4 is 23.4 Å². The fraction of sp³-hybridized carbons (Fsp3) is 0.174. The number of hydrogen-bond donors (Lipinski definition) is 3. The summed E-state index contributed by atoms with van der Waals surface area (Å²) in [6.07, 6.45) is 0.139. The molecule has 2 aromatic carbocycles. The number of carbonyl (C=O) groups excluding carboxylic acids is 1. The van der Waals surface area contributed by atoms with Crippen LogP contribution in [0.15, 0.2) is 69.3 Å². The van der Waals surface area contributed by atoms with Gasteiger partial charge in [0.25, 0.3) is 5.56 Å². The lowest BCUT2D eigenvalue weighted by Gasteiger charge is -2.12.